The molecule has 2 aromatic rings. The molecule has 1 aromatic heterocycles. The van der Waals surface area contributed by atoms with E-state index in [9.17, 15) is 0 Å². The van der Waals surface area contributed by atoms with Crippen molar-refractivity contribution in [3.05, 3.63) is 35.5 Å². The molecule has 0 saturated heterocycles. The van der Waals surface area contributed by atoms with Crippen LogP contribution in [0.3, 0.4) is 0 Å². The zero-order valence-electron chi connectivity index (χ0n) is 10.2. The Kier molecular flexibility index (Phi) is 3.10. The second kappa shape index (κ2) is 4.75. The Labute approximate surface area is 111 Å². The second-order valence-electron chi connectivity index (χ2n) is 4.70. The molecule has 4 heteroatoms. The van der Waals surface area contributed by atoms with Gasteiger partial charge in [-0.3, -0.25) is 4.98 Å². The maximum absolute atomic E-state index is 6.13. The van der Waals surface area contributed by atoms with Crippen molar-refractivity contribution >= 4 is 28.2 Å². The smallest absolute Gasteiger partial charge is 0.0934 e. The topological polar surface area (TPSA) is 34.1 Å². The van der Waals surface area contributed by atoms with Crippen molar-refractivity contribution in [1.82, 2.24) is 4.98 Å². The van der Waals surface area contributed by atoms with Crippen molar-refractivity contribution in [2.45, 2.75) is 25.0 Å². The lowest BCUT2D eigenvalue weighted by molar-refractivity contribution is 0.0329. The number of ether oxygens (including phenoxy) is 1. The number of pyridine rings is 1. The van der Waals surface area contributed by atoms with Crippen LogP contribution < -0.4 is 5.32 Å². The number of nitrogens with one attached hydrogen (secondary N) is 1. The fourth-order valence-corrected chi connectivity index (χ4v) is 2.59. The van der Waals surface area contributed by atoms with Crippen molar-refractivity contribution in [3.63, 3.8) is 0 Å². The number of fused-ring (bicyclic) bond motifs is 1. The minimum atomic E-state index is 0.390. The predicted octanol–water partition coefficient (Wildman–Crippen LogP) is 3.48. The van der Waals surface area contributed by atoms with Crippen LogP contribution in [-0.2, 0) is 4.74 Å². The number of halogens is 1. The number of hydrogen-bond acceptors (Lipinski definition) is 3. The maximum Gasteiger partial charge on any atom is 0.0934 e. The Morgan fingerprint density at radius 3 is 3.00 bits per heavy atom. The lowest BCUT2D eigenvalue weighted by Gasteiger charge is -2.35. The molecule has 3 nitrogen and oxygen atoms in total. The molecule has 0 atom stereocenters. The van der Waals surface area contributed by atoms with Gasteiger partial charge in [-0.2, -0.15) is 0 Å². The molecule has 1 aliphatic rings. The Hall–Kier alpha value is -1.32. The summed E-state index contributed by atoms with van der Waals surface area (Å²) in [5, 5.41) is 5.30. The van der Waals surface area contributed by atoms with Gasteiger partial charge >= 0.3 is 0 Å². The van der Waals surface area contributed by atoms with E-state index in [1.807, 2.05) is 24.3 Å². The highest BCUT2D eigenvalue weighted by Crippen LogP contribution is 2.31. The normalized spacial score (nSPS) is 22.8. The van der Waals surface area contributed by atoms with Crippen LogP contribution in [0.25, 0.3) is 10.9 Å². The molecule has 0 spiro atoms. The van der Waals surface area contributed by atoms with E-state index in [1.54, 1.807) is 13.3 Å². The Morgan fingerprint density at radius 2 is 2.22 bits per heavy atom. The highest BCUT2D eigenvalue weighted by Gasteiger charge is 2.29. The molecular formula is C14H15ClN2O. The van der Waals surface area contributed by atoms with Gasteiger partial charge < -0.3 is 10.1 Å². The third-order valence-electron chi connectivity index (χ3n) is 3.46. The Morgan fingerprint density at radius 1 is 1.39 bits per heavy atom. The minimum Gasteiger partial charge on any atom is -0.381 e. The average Bonchev–Trinajstić information content (AvgIpc) is 2.32. The van der Waals surface area contributed by atoms with Crippen LogP contribution in [0.15, 0.2) is 30.5 Å². The zero-order chi connectivity index (χ0) is 12.5. The Bertz CT molecular complexity index is 567. The summed E-state index contributed by atoms with van der Waals surface area (Å²) in [7, 11) is 1.76. The van der Waals surface area contributed by atoms with Crippen molar-refractivity contribution in [1.29, 1.82) is 0 Å². The van der Waals surface area contributed by atoms with Crippen molar-refractivity contribution in [2.24, 2.45) is 0 Å². The summed E-state index contributed by atoms with van der Waals surface area (Å²) in [5.41, 5.74) is 1.99. The summed E-state index contributed by atoms with van der Waals surface area (Å²) in [4.78, 5) is 4.42. The molecule has 0 unspecified atom stereocenters. The second-order valence-corrected chi connectivity index (χ2v) is 5.14. The highest BCUT2D eigenvalue weighted by molar-refractivity contribution is 6.31. The molecule has 0 amide bonds. The van der Waals surface area contributed by atoms with Crippen LogP contribution in [0, 0.1) is 0 Å². The van der Waals surface area contributed by atoms with Gasteiger partial charge in [0.15, 0.2) is 0 Å². The maximum atomic E-state index is 6.13. The molecule has 1 fully saturated rings. The van der Waals surface area contributed by atoms with Crippen molar-refractivity contribution in [2.75, 3.05) is 12.4 Å². The van der Waals surface area contributed by atoms with E-state index in [4.69, 9.17) is 16.3 Å². The first-order valence-corrected chi connectivity index (χ1v) is 6.47. The molecule has 0 aliphatic heterocycles. The van der Waals surface area contributed by atoms with Crippen LogP contribution in [0.4, 0.5) is 5.69 Å². The number of anilines is 1. The van der Waals surface area contributed by atoms with Crippen LogP contribution in [0.5, 0.6) is 0 Å². The molecule has 94 valence electrons. The van der Waals surface area contributed by atoms with Crippen LogP contribution in [0.2, 0.25) is 5.02 Å². The van der Waals surface area contributed by atoms with Gasteiger partial charge in [-0.25, -0.2) is 0 Å². The van der Waals surface area contributed by atoms with Gasteiger partial charge in [0.25, 0.3) is 0 Å². The molecule has 1 aliphatic carbocycles. The lowest BCUT2D eigenvalue weighted by Crippen LogP contribution is -2.40. The van der Waals surface area contributed by atoms with E-state index in [0.717, 1.165) is 34.5 Å². The minimum absolute atomic E-state index is 0.390. The van der Waals surface area contributed by atoms with Gasteiger partial charge in [0.1, 0.15) is 0 Å². The summed E-state index contributed by atoms with van der Waals surface area (Å²) in [6.07, 6.45) is 4.27. The van der Waals surface area contributed by atoms with Gasteiger partial charge in [0.2, 0.25) is 0 Å². The van der Waals surface area contributed by atoms with Crippen LogP contribution in [-0.4, -0.2) is 24.2 Å². The molecule has 1 heterocycles. The first kappa shape index (κ1) is 11.8. The van der Waals surface area contributed by atoms with Crippen LogP contribution >= 0.6 is 11.6 Å². The monoisotopic (exact) mass is 262 g/mol. The summed E-state index contributed by atoms with van der Waals surface area (Å²) in [5.74, 6) is 0. The quantitative estimate of drug-likeness (QED) is 0.920. The lowest BCUT2D eigenvalue weighted by atomic mass is 9.89. The van der Waals surface area contributed by atoms with E-state index < -0.39 is 0 Å². The first-order valence-electron chi connectivity index (χ1n) is 6.10. The largest absolute Gasteiger partial charge is 0.381 e. The molecule has 3 rings (SSSR count). The zero-order valence-corrected chi connectivity index (χ0v) is 10.9. The van der Waals surface area contributed by atoms with Gasteiger partial charge in [-0.1, -0.05) is 17.7 Å². The Balaban J connectivity index is 1.87. The van der Waals surface area contributed by atoms with Gasteiger partial charge in [0, 0.05) is 29.8 Å². The molecule has 18 heavy (non-hydrogen) atoms. The number of nitrogens with zero attached hydrogens (tertiary/aromatic N) is 1. The third kappa shape index (κ3) is 2.16. The molecule has 1 saturated carbocycles. The number of methoxy groups -OCH3 is 1. The molecular weight excluding hydrogens is 248 g/mol. The molecule has 0 bridgehead atoms. The fourth-order valence-electron chi connectivity index (χ4n) is 2.36. The highest BCUT2D eigenvalue weighted by atomic mass is 35.5. The summed E-state index contributed by atoms with van der Waals surface area (Å²) < 4.78 is 5.28. The number of benzene rings is 1. The van der Waals surface area contributed by atoms with Gasteiger partial charge in [0.05, 0.1) is 17.3 Å². The summed E-state index contributed by atoms with van der Waals surface area (Å²) in [6, 6.07) is 8.29. The SMILES string of the molecule is COC1CC(Nc2cc(Cl)cc3cccnc23)C1. The van der Waals surface area contributed by atoms with Crippen molar-refractivity contribution in [3.8, 4) is 0 Å². The van der Waals surface area contributed by atoms with E-state index in [-0.39, 0.29) is 0 Å². The molecule has 1 aromatic carbocycles. The molecule has 0 radical (unpaired) electrons. The number of aromatic nitrogens is 1. The van der Waals surface area contributed by atoms with E-state index in [2.05, 4.69) is 10.3 Å². The average molecular weight is 263 g/mol. The third-order valence-corrected chi connectivity index (χ3v) is 3.68. The summed E-state index contributed by atoms with van der Waals surface area (Å²) >= 11 is 6.13. The van der Waals surface area contributed by atoms with Gasteiger partial charge in [-0.15, -0.1) is 0 Å². The molecule has 1 N–H and O–H groups in total. The fraction of sp³-hybridized carbons (Fsp3) is 0.357. The first-order chi connectivity index (χ1) is 8.76. The van der Waals surface area contributed by atoms with E-state index in [1.165, 1.54) is 0 Å². The number of hydrogen-bond donors (Lipinski definition) is 1. The van der Waals surface area contributed by atoms with E-state index >= 15 is 0 Å². The number of rotatable bonds is 3. The van der Waals surface area contributed by atoms with Crippen LogP contribution in [0.1, 0.15) is 12.8 Å². The standard InChI is InChI=1S/C14H15ClN2O/c1-18-12-7-11(8-12)17-13-6-10(15)5-9-3-2-4-16-14(9)13/h2-6,11-12,17H,7-8H2,1H3. The van der Waals surface area contributed by atoms with Crippen molar-refractivity contribution < 1.29 is 4.74 Å². The predicted molar refractivity (Wildman–Crippen MR) is 74.2 cm³/mol. The van der Waals surface area contributed by atoms with Gasteiger partial charge in [-0.05, 0) is 31.0 Å². The van der Waals surface area contributed by atoms with E-state index in [0.29, 0.717) is 12.1 Å². The summed E-state index contributed by atoms with van der Waals surface area (Å²) in [6.45, 7) is 0.